The average Bonchev–Trinajstić information content (AvgIpc) is 2.79. The van der Waals surface area contributed by atoms with Crippen LogP contribution in [0, 0.1) is 0 Å². The van der Waals surface area contributed by atoms with Crippen LogP contribution >= 0.6 is 0 Å². The Balaban J connectivity index is 1.92. The second-order valence-electron chi connectivity index (χ2n) is 6.28. The topological polar surface area (TPSA) is 139 Å². The zero-order valence-corrected chi connectivity index (χ0v) is 18.1. The molecule has 0 saturated heterocycles. The molecule has 0 fully saturated rings. The lowest BCUT2D eigenvalue weighted by Gasteiger charge is -2.14. The van der Waals surface area contributed by atoms with Gasteiger partial charge in [-0.1, -0.05) is 12.1 Å². The van der Waals surface area contributed by atoms with Crippen LogP contribution in [0.15, 0.2) is 42.6 Å². The van der Waals surface area contributed by atoms with E-state index in [2.05, 4.69) is 19.7 Å². The number of nitrogen functional groups attached to an aromatic ring is 1. The van der Waals surface area contributed by atoms with E-state index in [0.29, 0.717) is 22.8 Å². The molecule has 0 aliphatic heterocycles. The van der Waals surface area contributed by atoms with E-state index in [0.717, 1.165) is 0 Å². The molecule has 3 rings (SSSR count). The Hall–Kier alpha value is -3.44. The minimum Gasteiger partial charge on any atom is -0.493 e. The predicted molar refractivity (Wildman–Crippen MR) is 116 cm³/mol. The van der Waals surface area contributed by atoms with Gasteiger partial charge < -0.3 is 19.9 Å². The van der Waals surface area contributed by atoms with E-state index in [9.17, 15) is 8.42 Å². The van der Waals surface area contributed by atoms with Crippen LogP contribution in [-0.4, -0.2) is 43.3 Å². The van der Waals surface area contributed by atoms with Crippen molar-refractivity contribution < 1.29 is 22.6 Å². The highest BCUT2D eigenvalue weighted by atomic mass is 32.2. The second kappa shape index (κ2) is 9.58. The molecule has 0 atom stereocenters. The van der Waals surface area contributed by atoms with Gasteiger partial charge in [0, 0.05) is 11.8 Å². The summed E-state index contributed by atoms with van der Waals surface area (Å²) in [5.74, 6) is 1.57. The minimum absolute atomic E-state index is 0.0167. The van der Waals surface area contributed by atoms with Crippen LogP contribution < -0.4 is 24.7 Å². The van der Waals surface area contributed by atoms with Gasteiger partial charge in [0.05, 0.1) is 32.2 Å². The first-order chi connectivity index (χ1) is 14.9. The van der Waals surface area contributed by atoms with Gasteiger partial charge in [-0.15, -0.1) is 0 Å². The summed E-state index contributed by atoms with van der Waals surface area (Å²) in [4.78, 5) is 12.9. The Morgan fingerprint density at radius 2 is 1.81 bits per heavy atom. The summed E-state index contributed by atoms with van der Waals surface area (Å²) in [5.41, 5.74) is 7.24. The van der Waals surface area contributed by atoms with Gasteiger partial charge in [-0.2, -0.15) is 4.98 Å². The first kappa shape index (κ1) is 22.2. The van der Waals surface area contributed by atoms with Crippen molar-refractivity contribution in [3.63, 3.8) is 0 Å². The number of aromatic nitrogens is 3. The van der Waals surface area contributed by atoms with Crippen LogP contribution in [0.4, 0.5) is 5.82 Å². The molecule has 164 valence electrons. The number of nitrogens with two attached hydrogens (primary N) is 1. The van der Waals surface area contributed by atoms with Gasteiger partial charge in [-0.3, -0.25) is 4.98 Å². The maximum atomic E-state index is 11.7. The van der Waals surface area contributed by atoms with Crippen LogP contribution in [-0.2, 0) is 16.6 Å². The summed E-state index contributed by atoms with van der Waals surface area (Å²) in [6.45, 7) is 1.61. The van der Waals surface area contributed by atoms with Gasteiger partial charge >= 0.3 is 0 Å². The van der Waals surface area contributed by atoms with Crippen molar-refractivity contribution in [1.82, 2.24) is 19.7 Å². The number of pyridine rings is 1. The van der Waals surface area contributed by atoms with Crippen molar-refractivity contribution >= 4 is 15.8 Å². The number of nitrogens with one attached hydrogen (secondary N) is 1. The van der Waals surface area contributed by atoms with Crippen LogP contribution in [0.1, 0.15) is 12.6 Å². The molecule has 31 heavy (non-hydrogen) atoms. The fraction of sp³-hybridized carbons (Fsp3) is 0.250. The Bertz CT molecular complexity index is 1170. The van der Waals surface area contributed by atoms with Crippen molar-refractivity contribution in [2.45, 2.75) is 13.5 Å². The van der Waals surface area contributed by atoms with Crippen LogP contribution in [0.2, 0.25) is 0 Å². The molecule has 11 heteroatoms. The smallest absolute Gasteiger partial charge is 0.263 e. The average molecular weight is 446 g/mol. The maximum Gasteiger partial charge on any atom is 0.263 e. The number of methoxy groups -OCH3 is 2. The van der Waals surface area contributed by atoms with Crippen LogP contribution in [0.3, 0.4) is 0 Å². The Labute approximate surface area is 180 Å². The molecule has 0 aliphatic rings. The molecule has 0 radical (unpaired) electrons. The molecule has 0 aliphatic carbocycles. The van der Waals surface area contributed by atoms with Crippen molar-refractivity contribution in [2.75, 3.05) is 25.7 Å². The van der Waals surface area contributed by atoms with Crippen LogP contribution in [0.5, 0.6) is 23.1 Å². The van der Waals surface area contributed by atoms with E-state index >= 15 is 0 Å². The zero-order chi connectivity index (χ0) is 22.4. The molecule has 3 N–H and O–H groups in total. The van der Waals surface area contributed by atoms with E-state index in [1.54, 1.807) is 37.3 Å². The fourth-order valence-corrected chi connectivity index (χ4v) is 3.19. The standard InChI is InChI=1S/C20H23N5O5S/c1-4-31(26,27)23-12-14-11-13(9-10-22-14)19-24-18(21)17(20(25-19)29-3)30-16-8-6-5-7-15(16)28-2/h5-11,23H,4,12H2,1-3H3,(H2,21,24,25). The number of rotatable bonds is 9. The Kier molecular flexibility index (Phi) is 6.88. The van der Waals surface area contributed by atoms with Gasteiger partial charge in [0.25, 0.3) is 5.88 Å². The molecular weight excluding hydrogens is 422 g/mol. The number of anilines is 1. The third-order valence-electron chi connectivity index (χ3n) is 4.26. The maximum absolute atomic E-state index is 11.7. The predicted octanol–water partition coefficient (Wildman–Crippen LogP) is 2.37. The van der Waals surface area contributed by atoms with Gasteiger partial charge in [0.1, 0.15) is 0 Å². The number of benzene rings is 1. The molecule has 1 aromatic carbocycles. The molecule has 0 amide bonds. The number of sulfonamides is 1. The number of hydrogen-bond donors (Lipinski definition) is 2. The third kappa shape index (κ3) is 5.38. The fourth-order valence-electron chi connectivity index (χ4n) is 2.62. The molecule has 2 heterocycles. The van der Waals surface area contributed by atoms with Gasteiger partial charge in [0.15, 0.2) is 23.1 Å². The summed E-state index contributed by atoms with van der Waals surface area (Å²) in [6, 6.07) is 10.4. The molecule has 0 saturated carbocycles. The molecular formula is C20H23N5O5S. The highest BCUT2D eigenvalue weighted by Crippen LogP contribution is 2.39. The van der Waals surface area contributed by atoms with E-state index in [4.69, 9.17) is 19.9 Å². The lowest BCUT2D eigenvalue weighted by Crippen LogP contribution is -2.25. The zero-order valence-electron chi connectivity index (χ0n) is 17.3. The van der Waals surface area contributed by atoms with E-state index in [1.165, 1.54) is 20.4 Å². The summed E-state index contributed by atoms with van der Waals surface area (Å²) in [6.07, 6.45) is 1.54. The van der Waals surface area contributed by atoms with E-state index < -0.39 is 10.0 Å². The Morgan fingerprint density at radius 3 is 2.48 bits per heavy atom. The minimum atomic E-state index is -3.34. The van der Waals surface area contributed by atoms with Crippen molar-refractivity contribution in [1.29, 1.82) is 0 Å². The highest BCUT2D eigenvalue weighted by molar-refractivity contribution is 7.89. The summed E-state index contributed by atoms with van der Waals surface area (Å²) in [5, 5.41) is 0. The molecule has 0 spiro atoms. The number of nitrogens with zero attached hydrogens (tertiary/aromatic N) is 3. The second-order valence-corrected chi connectivity index (χ2v) is 8.38. The van der Waals surface area contributed by atoms with Crippen molar-refractivity contribution in [2.24, 2.45) is 0 Å². The molecule has 10 nitrogen and oxygen atoms in total. The first-order valence-corrected chi connectivity index (χ1v) is 11.0. The number of hydrogen-bond acceptors (Lipinski definition) is 9. The van der Waals surface area contributed by atoms with Crippen molar-refractivity contribution in [3.05, 3.63) is 48.3 Å². The quantitative estimate of drug-likeness (QED) is 0.508. The molecule has 2 aromatic heterocycles. The molecule has 0 bridgehead atoms. The Morgan fingerprint density at radius 1 is 1.06 bits per heavy atom. The SMILES string of the molecule is CCS(=O)(=O)NCc1cc(-c2nc(N)c(Oc3ccccc3OC)c(OC)n2)ccn1. The number of ether oxygens (including phenoxy) is 3. The van der Waals surface area contributed by atoms with Gasteiger partial charge in [0.2, 0.25) is 15.8 Å². The summed E-state index contributed by atoms with van der Waals surface area (Å²) >= 11 is 0. The first-order valence-electron chi connectivity index (χ1n) is 9.31. The van der Waals surface area contributed by atoms with Gasteiger partial charge in [-0.05, 0) is 31.2 Å². The summed E-state index contributed by atoms with van der Waals surface area (Å²) in [7, 11) is -0.367. The highest BCUT2D eigenvalue weighted by Gasteiger charge is 2.19. The molecule has 3 aromatic rings. The molecule has 0 unspecified atom stereocenters. The lowest BCUT2D eigenvalue weighted by molar-refractivity contribution is 0.348. The van der Waals surface area contributed by atoms with E-state index in [1.807, 2.05) is 6.07 Å². The number of para-hydroxylation sites is 2. The summed E-state index contributed by atoms with van der Waals surface area (Å²) < 4.78 is 42.3. The lowest BCUT2D eigenvalue weighted by atomic mass is 10.2. The van der Waals surface area contributed by atoms with Gasteiger partial charge in [-0.25, -0.2) is 18.1 Å². The normalized spacial score (nSPS) is 11.2. The van der Waals surface area contributed by atoms with Crippen LogP contribution in [0.25, 0.3) is 11.4 Å². The van der Waals surface area contributed by atoms with E-state index in [-0.39, 0.29) is 35.6 Å². The largest absolute Gasteiger partial charge is 0.493 e. The monoisotopic (exact) mass is 445 g/mol. The van der Waals surface area contributed by atoms with Crippen molar-refractivity contribution in [3.8, 4) is 34.5 Å². The third-order valence-corrected chi connectivity index (χ3v) is 5.61.